The molecule has 6 heteroatoms. The van der Waals surface area contributed by atoms with Gasteiger partial charge in [-0.3, -0.25) is 4.79 Å². The molecular weight excluding hydrogens is 288 g/mol. The van der Waals surface area contributed by atoms with Crippen molar-refractivity contribution in [2.24, 2.45) is 0 Å². The second-order valence-electron chi connectivity index (χ2n) is 3.78. The van der Waals surface area contributed by atoms with Crippen molar-refractivity contribution in [3.63, 3.8) is 0 Å². The lowest BCUT2D eigenvalue weighted by molar-refractivity contribution is 0.0749. The molecule has 0 radical (unpaired) electrons. The fourth-order valence-corrected chi connectivity index (χ4v) is 3.27. The number of thiazole rings is 1. The molecule has 0 aliphatic rings. The molecule has 0 saturated carbocycles. The molecule has 18 heavy (non-hydrogen) atoms. The van der Waals surface area contributed by atoms with Gasteiger partial charge in [-0.1, -0.05) is 11.6 Å². The molecule has 2 aromatic rings. The first kappa shape index (κ1) is 13.5. The Labute approximate surface area is 119 Å². The Kier molecular flexibility index (Phi) is 4.37. The van der Waals surface area contributed by atoms with Gasteiger partial charge >= 0.3 is 0 Å². The zero-order valence-corrected chi connectivity index (χ0v) is 12.5. The molecule has 2 aromatic heterocycles. The van der Waals surface area contributed by atoms with Gasteiger partial charge in [-0.2, -0.15) is 0 Å². The van der Waals surface area contributed by atoms with E-state index >= 15 is 0 Å². The smallest absolute Gasteiger partial charge is 0.273 e. The molecular formula is C12H13ClN2OS2. The first-order valence-corrected chi connectivity index (χ1v) is 7.63. The Bertz CT molecular complexity index is 550. The molecule has 0 spiro atoms. The van der Waals surface area contributed by atoms with Crippen molar-refractivity contribution < 1.29 is 4.79 Å². The number of carbonyl (C=O) groups excluding carboxylic acids is 1. The lowest BCUT2D eigenvalue weighted by atomic mass is 10.3. The van der Waals surface area contributed by atoms with Crippen molar-refractivity contribution in [1.82, 2.24) is 9.88 Å². The van der Waals surface area contributed by atoms with Gasteiger partial charge in [-0.25, -0.2) is 4.98 Å². The molecule has 0 aromatic carbocycles. The SMILES string of the molecule is CCN(Cc1ccc(Cl)s1)C(=O)c1csc(C)n1. The molecule has 2 rings (SSSR count). The summed E-state index contributed by atoms with van der Waals surface area (Å²) < 4.78 is 0.748. The number of thiophene rings is 1. The van der Waals surface area contributed by atoms with Gasteiger partial charge in [0, 0.05) is 16.8 Å². The summed E-state index contributed by atoms with van der Waals surface area (Å²) in [7, 11) is 0. The second kappa shape index (κ2) is 5.82. The van der Waals surface area contributed by atoms with E-state index in [2.05, 4.69) is 4.98 Å². The van der Waals surface area contributed by atoms with Crippen molar-refractivity contribution in [3.05, 3.63) is 37.4 Å². The van der Waals surface area contributed by atoms with Crippen LogP contribution in [0.4, 0.5) is 0 Å². The van der Waals surface area contributed by atoms with E-state index in [1.165, 1.54) is 22.7 Å². The molecule has 0 N–H and O–H groups in total. The highest BCUT2D eigenvalue weighted by molar-refractivity contribution is 7.16. The molecule has 0 unspecified atom stereocenters. The molecule has 1 amide bonds. The van der Waals surface area contributed by atoms with E-state index in [1.54, 1.807) is 4.90 Å². The number of halogens is 1. The number of hydrogen-bond acceptors (Lipinski definition) is 4. The monoisotopic (exact) mass is 300 g/mol. The fraction of sp³-hybridized carbons (Fsp3) is 0.333. The van der Waals surface area contributed by atoms with Crippen LogP contribution < -0.4 is 0 Å². The number of carbonyl (C=O) groups is 1. The average Bonchev–Trinajstić information content (AvgIpc) is 2.94. The molecule has 0 atom stereocenters. The van der Waals surface area contributed by atoms with Crippen LogP contribution in [0.3, 0.4) is 0 Å². The van der Waals surface area contributed by atoms with Gasteiger partial charge in [0.2, 0.25) is 0 Å². The maximum atomic E-state index is 12.2. The molecule has 2 heterocycles. The zero-order chi connectivity index (χ0) is 13.1. The predicted octanol–water partition coefficient (Wildman–Crippen LogP) is 3.83. The van der Waals surface area contributed by atoms with E-state index in [4.69, 9.17) is 11.6 Å². The Balaban J connectivity index is 2.11. The Hall–Kier alpha value is -0.910. The van der Waals surface area contributed by atoms with E-state index in [9.17, 15) is 4.79 Å². The highest BCUT2D eigenvalue weighted by Gasteiger charge is 2.17. The maximum absolute atomic E-state index is 12.2. The Morgan fingerprint density at radius 3 is 2.78 bits per heavy atom. The number of aromatic nitrogens is 1. The molecule has 0 saturated heterocycles. The minimum absolute atomic E-state index is 0.0219. The first-order valence-electron chi connectivity index (χ1n) is 5.55. The summed E-state index contributed by atoms with van der Waals surface area (Å²) in [6, 6.07) is 3.81. The van der Waals surface area contributed by atoms with Crippen LogP contribution in [0.1, 0.15) is 27.3 Å². The molecule has 0 aliphatic heterocycles. The van der Waals surface area contributed by atoms with Crippen molar-refractivity contribution in [1.29, 1.82) is 0 Å². The lowest BCUT2D eigenvalue weighted by Gasteiger charge is -2.18. The maximum Gasteiger partial charge on any atom is 0.273 e. The number of nitrogens with zero attached hydrogens (tertiary/aromatic N) is 2. The number of hydrogen-bond donors (Lipinski definition) is 0. The third kappa shape index (κ3) is 3.10. The van der Waals surface area contributed by atoms with Crippen LogP contribution in [0.15, 0.2) is 17.5 Å². The summed E-state index contributed by atoms with van der Waals surface area (Å²) in [4.78, 5) is 19.3. The van der Waals surface area contributed by atoms with Crippen LogP contribution in [-0.2, 0) is 6.54 Å². The molecule has 0 bridgehead atoms. The summed E-state index contributed by atoms with van der Waals surface area (Å²) in [6.45, 7) is 5.11. The summed E-state index contributed by atoms with van der Waals surface area (Å²) in [6.07, 6.45) is 0. The number of aryl methyl sites for hydroxylation is 1. The van der Waals surface area contributed by atoms with Crippen LogP contribution in [0.2, 0.25) is 4.34 Å². The molecule has 96 valence electrons. The summed E-state index contributed by atoms with van der Waals surface area (Å²) in [5.74, 6) is -0.0219. The van der Waals surface area contributed by atoms with E-state index in [0.29, 0.717) is 18.8 Å². The molecule has 0 aliphatic carbocycles. The normalized spacial score (nSPS) is 10.6. The number of rotatable bonds is 4. The highest BCUT2D eigenvalue weighted by Crippen LogP contribution is 2.23. The van der Waals surface area contributed by atoms with Crippen LogP contribution in [0.25, 0.3) is 0 Å². The molecule has 0 fully saturated rings. The lowest BCUT2D eigenvalue weighted by Crippen LogP contribution is -2.30. The van der Waals surface area contributed by atoms with Gasteiger partial charge in [-0.05, 0) is 26.0 Å². The van der Waals surface area contributed by atoms with Crippen LogP contribution >= 0.6 is 34.3 Å². The van der Waals surface area contributed by atoms with Gasteiger partial charge < -0.3 is 4.90 Å². The van der Waals surface area contributed by atoms with Crippen molar-refractivity contribution >= 4 is 40.2 Å². The van der Waals surface area contributed by atoms with Gasteiger partial charge in [-0.15, -0.1) is 22.7 Å². The van der Waals surface area contributed by atoms with Gasteiger partial charge in [0.15, 0.2) is 0 Å². The predicted molar refractivity (Wildman–Crippen MR) is 76.6 cm³/mol. The zero-order valence-electron chi connectivity index (χ0n) is 10.1. The standard InChI is InChI=1S/C12H13ClN2OS2/c1-3-15(6-9-4-5-11(13)18-9)12(16)10-7-17-8(2)14-10/h4-5,7H,3,6H2,1-2H3. The Morgan fingerprint density at radius 2 is 2.28 bits per heavy atom. The van der Waals surface area contributed by atoms with Crippen molar-refractivity contribution in [3.8, 4) is 0 Å². The average molecular weight is 301 g/mol. The van der Waals surface area contributed by atoms with E-state index in [0.717, 1.165) is 14.2 Å². The first-order chi connectivity index (χ1) is 8.60. The number of amides is 1. The van der Waals surface area contributed by atoms with E-state index in [-0.39, 0.29) is 5.91 Å². The minimum Gasteiger partial charge on any atom is -0.332 e. The van der Waals surface area contributed by atoms with Crippen LogP contribution in [0.5, 0.6) is 0 Å². The summed E-state index contributed by atoms with van der Waals surface area (Å²) in [5.41, 5.74) is 0.530. The van der Waals surface area contributed by atoms with E-state index < -0.39 is 0 Å². The third-order valence-electron chi connectivity index (χ3n) is 2.48. The van der Waals surface area contributed by atoms with Crippen molar-refractivity contribution in [2.75, 3.05) is 6.54 Å². The summed E-state index contributed by atoms with van der Waals surface area (Å²) in [5, 5.41) is 2.72. The largest absolute Gasteiger partial charge is 0.332 e. The van der Waals surface area contributed by atoms with Crippen LogP contribution in [0, 0.1) is 6.92 Å². The van der Waals surface area contributed by atoms with Gasteiger partial charge in [0.25, 0.3) is 5.91 Å². The third-order valence-corrected chi connectivity index (χ3v) is 4.47. The van der Waals surface area contributed by atoms with E-state index in [1.807, 2.05) is 31.4 Å². The van der Waals surface area contributed by atoms with Crippen LogP contribution in [-0.4, -0.2) is 22.3 Å². The van der Waals surface area contributed by atoms with Crippen molar-refractivity contribution in [2.45, 2.75) is 20.4 Å². The topological polar surface area (TPSA) is 33.2 Å². The quantitative estimate of drug-likeness (QED) is 0.860. The highest BCUT2D eigenvalue weighted by atomic mass is 35.5. The van der Waals surface area contributed by atoms with Gasteiger partial charge in [0.05, 0.1) is 15.9 Å². The second-order valence-corrected chi connectivity index (χ2v) is 6.64. The Morgan fingerprint density at radius 1 is 1.50 bits per heavy atom. The molecule has 3 nitrogen and oxygen atoms in total. The fourth-order valence-electron chi connectivity index (χ4n) is 1.58. The summed E-state index contributed by atoms with van der Waals surface area (Å²) >= 11 is 8.89. The van der Waals surface area contributed by atoms with Gasteiger partial charge in [0.1, 0.15) is 5.69 Å². The minimum atomic E-state index is -0.0219.